The summed E-state index contributed by atoms with van der Waals surface area (Å²) in [4.78, 5) is 22.0. The van der Waals surface area contributed by atoms with Crippen molar-refractivity contribution in [3.63, 3.8) is 0 Å². The van der Waals surface area contributed by atoms with Crippen molar-refractivity contribution in [2.75, 3.05) is 0 Å². The molecule has 15 heavy (non-hydrogen) atoms. The van der Waals surface area contributed by atoms with Crippen LogP contribution in [0.3, 0.4) is 0 Å². The molecule has 4 nitrogen and oxygen atoms in total. The molecule has 0 aliphatic carbocycles. The number of carbonyl (C=O) groups is 2. The fourth-order valence-corrected chi connectivity index (χ4v) is 1.26. The first kappa shape index (κ1) is 11.0. The van der Waals surface area contributed by atoms with E-state index in [1.807, 2.05) is 0 Å². The minimum Gasteiger partial charge on any atom is -0.477 e. The highest BCUT2D eigenvalue weighted by Crippen LogP contribution is 2.17. The van der Waals surface area contributed by atoms with Crippen LogP contribution < -0.4 is 5.73 Å². The van der Waals surface area contributed by atoms with Crippen LogP contribution in [0.5, 0.6) is 0 Å². The molecule has 0 spiro atoms. The predicted octanol–water partition coefficient (Wildman–Crippen LogP) is 1.03. The molecule has 0 heterocycles. The first-order valence-corrected chi connectivity index (χ1v) is 4.33. The number of carboxylic acid groups (broad SMARTS) is 1. The van der Waals surface area contributed by atoms with Gasteiger partial charge in [0.05, 0.1) is 5.57 Å². The van der Waals surface area contributed by atoms with Crippen LogP contribution in [0.15, 0.2) is 36.0 Å². The van der Waals surface area contributed by atoms with Crippen molar-refractivity contribution in [2.45, 2.75) is 6.92 Å². The maximum atomic E-state index is 11.3. The largest absolute Gasteiger partial charge is 0.477 e. The second-order valence-corrected chi connectivity index (χ2v) is 3.02. The van der Waals surface area contributed by atoms with E-state index in [1.165, 1.54) is 6.92 Å². The van der Waals surface area contributed by atoms with Gasteiger partial charge in [-0.3, -0.25) is 4.79 Å². The number of rotatable bonds is 3. The van der Waals surface area contributed by atoms with Crippen molar-refractivity contribution in [1.82, 2.24) is 0 Å². The van der Waals surface area contributed by atoms with E-state index in [4.69, 9.17) is 10.8 Å². The number of allylic oxidation sites excluding steroid dienone is 1. The number of carbonyl (C=O) groups excluding carboxylic acids is 1. The quantitative estimate of drug-likeness (QED) is 0.722. The molecule has 0 fully saturated rings. The molecule has 0 radical (unpaired) electrons. The number of hydrogen-bond acceptors (Lipinski definition) is 3. The number of hydrogen-bond donors (Lipinski definition) is 2. The summed E-state index contributed by atoms with van der Waals surface area (Å²) < 4.78 is 0. The third-order valence-electron chi connectivity index (χ3n) is 1.91. The smallest absolute Gasteiger partial charge is 0.352 e. The molecule has 0 aromatic heterocycles. The van der Waals surface area contributed by atoms with Crippen LogP contribution in [0.25, 0.3) is 5.57 Å². The van der Waals surface area contributed by atoms with Gasteiger partial charge < -0.3 is 10.8 Å². The van der Waals surface area contributed by atoms with Crippen molar-refractivity contribution in [1.29, 1.82) is 0 Å². The maximum absolute atomic E-state index is 11.3. The lowest BCUT2D eigenvalue weighted by Gasteiger charge is -2.05. The summed E-state index contributed by atoms with van der Waals surface area (Å²) in [5.74, 6) is -1.65. The van der Waals surface area contributed by atoms with Crippen LogP contribution in [-0.2, 0) is 9.59 Å². The molecule has 3 N–H and O–H groups in total. The van der Waals surface area contributed by atoms with Gasteiger partial charge in [-0.1, -0.05) is 30.3 Å². The van der Waals surface area contributed by atoms with Gasteiger partial charge in [-0.2, -0.15) is 0 Å². The number of aliphatic carboxylic acids is 1. The molecule has 0 aliphatic rings. The fourth-order valence-electron chi connectivity index (χ4n) is 1.26. The fraction of sp³-hybridized carbons (Fsp3) is 0.0909. The lowest BCUT2D eigenvalue weighted by atomic mass is 10.0. The van der Waals surface area contributed by atoms with Crippen molar-refractivity contribution in [3.8, 4) is 0 Å². The first-order valence-electron chi connectivity index (χ1n) is 4.33. The lowest BCUT2D eigenvalue weighted by Crippen LogP contribution is -2.16. The number of benzene rings is 1. The van der Waals surface area contributed by atoms with E-state index in [0.29, 0.717) is 5.56 Å². The summed E-state index contributed by atoms with van der Waals surface area (Å²) in [6.07, 6.45) is 0. The van der Waals surface area contributed by atoms with Gasteiger partial charge in [0.25, 0.3) is 0 Å². The number of Topliss-reactive ketones (excluding diaryl/α,β-unsaturated/α-hetero) is 1. The van der Waals surface area contributed by atoms with Crippen molar-refractivity contribution in [3.05, 3.63) is 41.6 Å². The van der Waals surface area contributed by atoms with E-state index < -0.39 is 11.7 Å². The Morgan fingerprint density at radius 2 is 1.73 bits per heavy atom. The summed E-state index contributed by atoms with van der Waals surface area (Å²) in [5.41, 5.74) is 5.49. The Morgan fingerprint density at radius 1 is 1.20 bits per heavy atom. The number of nitrogens with two attached hydrogens (primary N) is 1. The molecule has 0 saturated heterocycles. The zero-order valence-electron chi connectivity index (χ0n) is 8.23. The minimum absolute atomic E-state index is 0.0445. The van der Waals surface area contributed by atoms with Crippen LogP contribution in [-0.4, -0.2) is 16.9 Å². The van der Waals surface area contributed by atoms with Gasteiger partial charge in [0.1, 0.15) is 5.70 Å². The van der Waals surface area contributed by atoms with E-state index in [0.717, 1.165) is 0 Å². The van der Waals surface area contributed by atoms with E-state index >= 15 is 0 Å². The molecule has 0 atom stereocenters. The van der Waals surface area contributed by atoms with Gasteiger partial charge in [0, 0.05) is 0 Å². The maximum Gasteiger partial charge on any atom is 0.352 e. The molecular formula is C11H11NO3. The van der Waals surface area contributed by atoms with Crippen LogP contribution in [0.2, 0.25) is 0 Å². The van der Waals surface area contributed by atoms with Gasteiger partial charge >= 0.3 is 5.97 Å². The van der Waals surface area contributed by atoms with Gasteiger partial charge in [0.2, 0.25) is 0 Å². The minimum atomic E-state index is -1.29. The second kappa shape index (κ2) is 4.41. The normalized spacial score (nSPS) is 11.8. The van der Waals surface area contributed by atoms with Crippen molar-refractivity contribution >= 4 is 17.3 Å². The summed E-state index contributed by atoms with van der Waals surface area (Å²) in [6, 6.07) is 8.50. The van der Waals surface area contributed by atoms with Crippen molar-refractivity contribution < 1.29 is 14.7 Å². The molecule has 0 unspecified atom stereocenters. The Balaban J connectivity index is 3.34. The van der Waals surface area contributed by atoms with Crippen LogP contribution in [0, 0.1) is 0 Å². The van der Waals surface area contributed by atoms with Gasteiger partial charge in [-0.05, 0) is 12.5 Å². The van der Waals surface area contributed by atoms with E-state index in [1.54, 1.807) is 30.3 Å². The predicted molar refractivity (Wildman–Crippen MR) is 55.9 cm³/mol. The SMILES string of the molecule is CC(=O)C(=C(N)C(=O)O)c1ccccc1. The monoisotopic (exact) mass is 205 g/mol. The molecule has 1 rings (SSSR count). The Kier molecular flexibility index (Phi) is 3.23. The molecular weight excluding hydrogens is 194 g/mol. The van der Waals surface area contributed by atoms with Gasteiger partial charge in [-0.25, -0.2) is 4.79 Å². The average Bonchev–Trinajstić information content (AvgIpc) is 2.18. The van der Waals surface area contributed by atoms with Crippen molar-refractivity contribution in [2.24, 2.45) is 5.73 Å². The average molecular weight is 205 g/mol. The summed E-state index contributed by atoms with van der Waals surface area (Å²) in [7, 11) is 0. The molecule has 1 aromatic carbocycles. The van der Waals surface area contributed by atoms with Crippen LogP contribution in [0.4, 0.5) is 0 Å². The highest BCUT2D eigenvalue weighted by atomic mass is 16.4. The highest BCUT2D eigenvalue weighted by Gasteiger charge is 2.16. The lowest BCUT2D eigenvalue weighted by molar-refractivity contribution is -0.132. The first-order chi connectivity index (χ1) is 7.04. The third kappa shape index (κ3) is 2.43. The highest BCUT2D eigenvalue weighted by molar-refractivity contribution is 6.24. The molecule has 4 heteroatoms. The third-order valence-corrected chi connectivity index (χ3v) is 1.91. The molecule has 0 saturated carbocycles. The van der Waals surface area contributed by atoms with E-state index in [9.17, 15) is 9.59 Å². The van der Waals surface area contributed by atoms with E-state index in [2.05, 4.69) is 0 Å². The number of ketones is 1. The van der Waals surface area contributed by atoms with Crippen LogP contribution in [0.1, 0.15) is 12.5 Å². The Morgan fingerprint density at radius 3 is 2.13 bits per heavy atom. The second-order valence-electron chi connectivity index (χ2n) is 3.02. The molecule has 0 bridgehead atoms. The molecule has 0 aliphatic heterocycles. The standard InChI is InChI=1S/C11H11NO3/c1-7(13)9(10(12)11(14)15)8-5-3-2-4-6-8/h2-6H,12H2,1H3,(H,14,15). The Labute approximate surface area is 87.0 Å². The molecule has 0 amide bonds. The summed E-state index contributed by atoms with van der Waals surface area (Å²) in [6.45, 7) is 1.29. The van der Waals surface area contributed by atoms with Crippen LogP contribution >= 0.6 is 0 Å². The zero-order chi connectivity index (χ0) is 11.4. The summed E-state index contributed by atoms with van der Waals surface area (Å²) in [5, 5.41) is 8.73. The van der Waals surface area contributed by atoms with Gasteiger partial charge in [-0.15, -0.1) is 0 Å². The van der Waals surface area contributed by atoms with Gasteiger partial charge in [0.15, 0.2) is 5.78 Å². The number of carboxylic acids is 1. The zero-order valence-corrected chi connectivity index (χ0v) is 8.23. The Hall–Kier alpha value is -2.10. The topological polar surface area (TPSA) is 80.4 Å². The summed E-state index contributed by atoms with van der Waals surface area (Å²) >= 11 is 0. The Bertz CT molecular complexity index is 421. The molecule has 1 aromatic rings. The molecule has 78 valence electrons. The van der Waals surface area contributed by atoms with E-state index in [-0.39, 0.29) is 11.4 Å².